The highest BCUT2D eigenvalue weighted by Crippen LogP contribution is 2.62. The maximum atomic E-state index is 5.46. The van der Waals surface area contributed by atoms with Crippen LogP contribution in [-0.4, -0.2) is 15.0 Å². The van der Waals surface area contributed by atoms with Crippen LogP contribution in [0.3, 0.4) is 0 Å². The smallest absolute Gasteiger partial charge is 0.160 e. The summed E-state index contributed by atoms with van der Waals surface area (Å²) < 4.78 is 0. The van der Waals surface area contributed by atoms with Gasteiger partial charge in [-0.15, -0.1) is 0 Å². The van der Waals surface area contributed by atoms with Crippen molar-refractivity contribution in [3.8, 4) is 56.2 Å². The van der Waals surface area contributed by atoms with Crippen molar-refractivity contribution in [3.63, 3.8) is 0 Å². The number of nitrogens with zero attached hydrogens (tertiary/aromatic N) is 3. The summed E-state index contributed by atoms with van der Waals surface area (Å²) in [6, 6.07) is 76.8. The van der Waals surface area contributed by atoms with E-state index in [0.29, 0.717) is 0 Å². The maximum absolute atomic E-state index is 5.46. The van der Waals surface area contributed by atoms with Crippen LogP contribution in [0.1, 0.15) is 22.3 Å². The fourth-order valence-corrected chi connectivity index (χ4v) is 11.4. The van der Waals surface area contributed by atoms with E-state index < -0.39 is 5.41 Å². The highest BCUT2D eigenvalue weighted by Gasteiger charge is 2.50. The molecule has 9 aromatic carbocycles. The molecule has 3 heterocycles. The molecule has 11 aromatic rings. The number of fused-ring (bicyclic) bond motifs is 13. The summed E-state index contributed by atoms with van der Waals surface area (Å²) in [6.07, 6.45) is 0. The van der Waals surface area contributed by atoms with E-state index in [2.05, 4.69) is 188 Å². The van der Waals surface area contributed by atoms with Gasteiger partial charge in [-0.1, -0.05) is 188 Å². The topological polar surface area (TPSA) is 38.7 Å². The first-order valence-corrected chi connectivity index (χ1v) is 21.9. The Labute approximate surface area is 363 Å². The fourth-order valence-electron chi connectivity index (χ4n) is 10.2. The van der Waals surface area contributed by atoms with Crippen LogP contribution in [0, 0.1) is 0 Å². The van der Waals surface area contributed by atoms with Gasteiger partial charge in [0.05, 0.1) is 27.8 Å². The zero-order chi connectivity index (χ0) is 40.8. The molecule has 3 nitrogen and oxygen atoms in total. The third-order valence-corrected chi connectivity index (χ3v) is 14.1. The van der Waals surface area contributed by atoms with Crippen LogP contribution in [0.4, 0.5) is 0 Å². The molecule has 288 valence electrons. The third-order valence-electron chi connectivity index (χ3n) is 12.9. The Morgan fingerprint density at radius 1 is 0.306 bits per heavy atom. The second-order valence-corrected chi connectivity index (χ2v) is 17.3. The molecule has 0 amide bonds. The molecule has 4 heteroatoms. The molecule has 2 aromatic heterocycles. The van der Waals surface area contributed by atoms with Gasteiger partial charge >= 0.3 is 0 Å². The van der Waals surface area contributed by atoms with E-state index >= 15 is 0 Å². The Bertz CT molecular complexity index is 3550. The number of rotatable bonds is 4. The zero-order valence-electron chi connectivity index (χ0n) is 33.5. The van der Waals surface area contributed by atoms with E-state index in [1.807, 2.05) is 36.0 Å². The molecule has 0 radical (unpaired) electrons. The van der Waals surface area contributed by atoms with Gasteiger partial charge in [0, 0.05) is 42.6 Å². The predicted octanol–water partition coefficient (Wildman–Crippen LogP) is 14.8. The summed E-state index contributed by atoms with van der Waals surface area (Å²) in [7, 11) is 0. The Morgan fingerprint density at radius 2 is 0.871 bits per heavy atom. The minimum Gasteiger partial charge on any atom is -0.247 e. The highest BCUT2D eigenvalue weighted by atomic mass is 32.2. The van der Waals surface area contributed by atoms with Crippen LogP contribution in [0.15, 0.2) is 222 Å². The lowest BCUT2D eigenvalue weighted by Gasteiger charge is -2.40. The minimum absolute atomic E-state index is 0.472. The van der Waals surface area contributed by atoms with E-state index in [4.69, 9.17) is 15.0 Å². The molecule has 62 heavy (non-hydrogen) atoms. The van der Waals surface area contributed by atoms with Crippen LogP contribution in [0.2, 0.25) is 0 Å². The van der Waals surface area contributed by atoms with Crippen molar-refractivity contribution in [1.82, 2.24) is 15.0 Å². The van der Waals surface area contributed by atoms with Crippen molar-refractivity contribution in [2.75, 3.05) is 0 Å². The summed E-state index contributed by atoms with van der Waals surface area (Å²) in [5.74, 6) is 0.725. The van der Waals surface area contributed by atoms with Crippen molar-refractivity contribution in [1.29, 1.82) is 0 Å². The van der Waals surface area contributed by atoms with Gasteiger partial charge in [-0.05, 0) is 86.3 Å². The Balaban J connectivity index is 1.03. The van der Waals surface area contributed by atoms with Crippen LogP contribution in [0.5, 0.6) is 0 Å². The predicted molar refractivity (Wildman–Crippen MR) is 256 cm³/mol. The number of para-hydroxylation sites is 1. The first-order chi connectivity index (χ1) is 30.7. The molecule has 0 saturated carbocycles. The van der Waals surface area contributed by atoms with Crippen LogP contribution < -0.4 is 0 Å². The quantitative estimate of drug-likeness (QED) is 0.166. The summed E-state index contributed by atoms with van der Waals surface area (Å²) in [5.41, 5.74) is 16.7. The molecule has 1 aliphatic heterocycles. The van der Waals surface area contributed by atoms with E-state index in [1.165, 1.54) is 48.6 Å². The average molecular weight is 806 g/mol. The molecule has 1 spiro atoms. The van der Waals surface area contributed by atoms with Gasteiger partial charge in [0.1, 0.15) is 0 Å². The molecule has 2 aliphatic rings. The van der Waals surface area contributed by atoms with E-state index in [0.717, 1.165) is 72.2 Å². The zero-order valence-corrected chi connectivity index (χ0v) is 34.3. The largest absolute Gasteiger partial charge is 0.247 e. The van der Waals surface area contributed by atoms with Gasteiger partial charge in [-0.25, -0.2) is 15.0 Å². The molecular formula is C58H35N3S. The molecule has 0 fully saturated rings. The van der Waals surface area contributed by atoms with Crippen LogP contribution in [-0.2, 0) is 5.41 Å². The fraction of sp³-hybridized carbons (Fsp3) is 0.0172. The highest BCUT2D eigenvalue weighted by molar-refractivity contribution is 7.99. The van der Waals surface area contributed by atoms with Crippen molar-refractivity contribution in [3.05, 3.63) is 235 Å². The number of hydrogen-bond donors (Lipinski definition) is 0. The molecule has 0 atom stereocenters. The van der Waals surface area contributed by atoms with E-state index in [9.17, 15) is 0 Å². The Hall–Kier alpha value is -7.66. The molecule has 13 rings (SSSR count). The average Bonchev–Trinajstić information content (AvgIpc) is 3.64. The van der Waals surface area contributed by atoms with Gasteiger partial charge in [-0.3, -0.25) is 0 Å². The first kappa shape index (κ1) is 35.1. The lowest BCUT2D eigenvalue weighted by atomic mass is 9.67. The molecule has 0 bridgehead atoms. The summed E-state index contributed by atoms with van der Waals surface area (Å²) in [4.78, 5) is 18.1. The Kier molecular flexibility index (Phi) is 7.75. The van der Waals surface area contributed by atoms with Crippen molar-refractivity contribution < 1.29 is 0 Å². The molecule has 1 aliphatic carbocycles. The number of pyridine rings is 1. The second-order valence-electron chi connectivity index (χ2n) is 16.2. The van der Waals surface area contributed by atoms with Gasteiger partial charge in [0.15, 0.2) is 5.82 Å². The number of aromatic nitrogens is 3. The summed E-state index contributed by atoms with van der Waals surface area (Å²) in [6.45, 7) is 0. The summed E-state index contributed by atoms with van der Waals surface area (Å²) >= 11 is 1.88. The van der Waals surface area contributed by atoms with E-state index in [1.54, 1.807) is 0 Å². The Morgan fingerprint density at radius 3 is 1.63 bits per heavy atom. The van der Waals surface area contributed by atoms with Crippen molar-refractivity contribution in [2.24, 2.45) is 0 Å². The van der Waals surface area contributed by atoms with E-state index in [-0.39, 0.29) is 0 Å². The molecule has 0 saturated heterocycles. The molecular weight excluding hydrogens is 771 g/mol. The maximum Gasteiger partial charge on any atom is 0.160 e. The van der Waals surface area contributed by atoms with Crippen molar-refractivity contribution >= 4 is 44.3 Å². The van der Waals surface area contributed by atoms with Crippen LogP contribution in [0.25, 0.3) is 88.7 Å². The third kappa shape index (κ3) is 5.17. The van der Waals surface area contributed by atoms with Gasteiger partial charge in [0.25, 0.3) is 0 Å². The molecule has 0 N–H and O–H groups in total. The van der Waals surface area contributed by atoms with Crippen molar-refractivity contribution in [2.45, 2.75) is 15.2 Å². The second kappa shape index (κ2) is 13.7. The van der Waals surface area contributed by atoms with Crippen LogP contribution >= 0.6 is 11.8 Å². The normalized spacial score (nSPS) is 13.2. The standard InChI is InChI=1S/C58H35N3S/c1-3-15-37(16-4-1)56-46-35-54-50(58(49-24-12-14-26-53(49)62-54)47-22-10-7-19-41(47)42-20-8-11-23-48(42)58)34-44(46)45-33-40(31-32-52(45)59-56)36-27-29-38(30-28-36)55-43-21-9-13-25-51(43)60-57(61-55)39-17-5-2-6-18-39/h1-35H. The lowest BCUT2D eigenvalue weighted by molar-refractivity contribution is 0.724. The van der Waals surface area contributed by atoms with Gasteiger partial charge in [0.2, 0.25) is 0 Å². The monoisotopic (exact) mass is 805 g/mol. The number of hydrogen-bond acceptors (Lipinski definition) is 4. The SMILES string of the molecule is c1ccc(-c2nc(-c3ccc(-c4ccc5nc(-c6ccccc6)c6cc7c(cc6c5c4)C4(c5ccccc5S7)c5ccccc5-c5ccccc54)cc3)c3ccccc3n2)cc1. The van der Waals surface area contributed by atoms with Gasteiger partial charge in [-0.2, -0.15) is 0 Å². The lowest BCUT2D eigenvalue weighted by Crippen LogP contribution is -2.32. The van der Waals surface area contributed by atoms with Gasteiger partial charge < -0.3 is 0 Å². The first-order valence-electron chi connectivity index (χ1n) is 21.1. The number of benzene rings is 9. The minimum atomic E-state index is -0.472. The summed E-state index contributed by atoms with van der Waals surface area (Å²) in [5, 5.41) is 4.53. The molecule has 0 unspecified atom stereocenters.